The van der Waals surface area contributed by atoms with Crippen LogP contribution in [0.2, 0.25) is 0 Å². The van der Waals surface area contributed by atoms with Crippen molar-refractivity contribution in [3.63, 3.8) is 0 Å². The second-order valence-electron chi connectivity index (χ2n) is 5.60. The highest BCUT2D eigenvalue weighted by molar-refractivity contribution is 5.77. The van der Waals surface area contributed by atoms with Gasteiger partial charge in [-0.25, -0.2) is 0 Å². The number of unbranched alkanes of at least 4 members (excludes halogenated alkanes) is 1. The zero-order valence-electron chi connectivity index (χ0n) is 13.1. The Morgan fingerprint density at radius 2 is 1.86 bits per heavy atom. The monoisotopic (exact) mass is 291 g/mol. The molecule has 0 heterocycles. The van der Waals surface area contributed by atoms with E-state index in [0.29, 0.717) is 13.0 Å². The lowest BCUT2D eigenvalue weighted by molar-refractivity contribution is -0.143. The largest absolute Gasteiger partial charge is 0.481 e. The fourth-order valence-corrected chi connectivity index (χ4v) is 2.06. The van der Waals surface area contributed by atoms with Crippen molar-refractivity contribution in [3.8, 4) is 0 Å². The fourth-order valence-electron chi connectivity index (χ4n) is 2.06. The number of aliphatic carboxylic acids is 1. The Morgan fingerprint density at radius 1 is 1.24 bits per heavy atom. The number of hydrogen-bond acceptors (Lipinski definition) is 2. The highest BCUT2D eigenvalue weighted by Crippen LogP contribution is 2.12. The van der Waals surface area contributed by atoms with Crippen LogP contribution in [0.4, 0.5) is 0 Å². The van der Waals surface area contributed by atoms with Gasteiger partial charge < -0.3 is 10.0 Å². The lowest BCUT2D eigenvalue weighted by Gasteiger charge is -2.25. The summed E-state index contributed by atoms with van der Waals surface area (Å²) in [6, 6.07) is 7.98. The minimum atomic E-state index is -0.868. The quantitative estimate of drug-likeness (QED) is 0.800. The summed E-state index contributed by atoms with van der Waals surface area (Å²) in [5.74, 6) is -1.39. The van der Waals surface area contributed by atoms with E-state index in [9.17, 15) is 9.59 Å². The summed E-state index contributed by atoms with van der Waals surface area (Å²) in [5.41, 5.74) is 2.20. The first kappa shape index (κ1) is 17.2. The molecule has 4 heteroatoms. The SMILES string of the molecule is CCCCC(=O)N(Cc1ccc(C)cc1)CC(C)C(=O)O. The molecule has 0 spiro atoms. The number of carbonyl (C=O) groups excluding carboxylic acids is 1. The van der Waals surface area contributed by atoms with Crippen molar-refractivity contribution >= 4 is 11.9 Å². The van der Waals surface area contributed by atoms with Gasteiger partial charge in [-0.1, -0.05) is 50.1 Å². The number of nitrogens with zero attached hydrogens (tertiary/aromatic N) is 1. The maximum absolute atomic E-state index is 12.3. The molecular formula is C17H25NO3. The molecule has 4 nitrogen and oxygen atoms in total. The van der Waals surface area contributed by atoms with Crippen molar-refractivity contribution in [1.82, 2.24) is 4.90 Å². The lowest BCUT2D eigenvalue weighted by atomic mass is 10.1. The van der Waals surface area contributed by atoms with Crippen LogP contribution >= 0.6 is 0 Å². The van der Waals surface area contributed by atoms with Gasteiger partial charge in [0.05, 0.1) is 5.92 Å². The number of amides is 1. The molecule has 0 bridgehead atoms. The van der Waals surface area contributed by atoms with Gasteiger partial charge in [-0.05, 0) is 18.9 Å². The van der Waals surface area contributed by atoms with Crippen LogP contribution in [0.15, 0.2) is 24.3 Å². The zero-order chi connectivity index (χ0) is 15.8. The summed E-state index contributed by atoms with van der Waals surface area (Å²) in [7, 11) is 0. The predicted molar refractivity (Wildman–Crippen MR) is 82.9 cm³/mol. The van der Waals surface area contributed by atoms with Crippen molar-refractivity contribution in [3.05, 3.63) is 35.4 Å². The van der Waals surface area contributed by atoms with E-state index in [4.69, 9.17) is 5.11 Å². The number of carboxylic acids is 1. The van der Waals surface area contributed by atoms with Crippen LogP contribution < -0.4 is 0 Å². The first-order chi connectivity index (χ1) is 9.93. The third-order valence-corrected chi connectivity index (χ3v) is 3.51. The summed E-state index contributed by atoms with van der Waals surface area (Å²) < 4.78 is 0. The molecule has 0 saturated heterocycles. The number of hydrogen-bond donors (Lipinski definition) is 1. The summed E-state index contributed by atoms with van der Waals surface area (Å²) in [4.78, 5) is 25.0. The highest BCUT2D eigenvalue weighted by atomic mass is 16.4. The van der Waals surface area contributed by atoms with E-state index in [1.54, 1.807) is 11.8 Å². The van der Waals surface area contributed by atoms with Gasteiger partial charge in [-0.2, -0.15) is 0 Å². The van der Waals surface area contributed by atoms with Gasteiger partial charge in [-0.15, -0.1) is 0 Å². The first-order valence-corrected chi connectivity index (χ1v) is 7.50. The molecule has 1 aromatic carbocycles. The standard InChI is InChI=1S/C17H25NO3/c1-4-5-6-16(19)18(11-14(3)17(20)21)12-15-9-7-13(2)8-10-15/h7-10,14H,4-6,11-12H2,1-3H3,(H,20,21). The second kappa shape index (κ2) is 8.45. The molecule has 1 N–H and O–H groups in total. The molecule has 0 aliphatic rings. The van der Waals surface area contributed by atoms with Crippen LogP contribution in [0.3, 0.4) is 0 Å². The van der Waals surface area contributed by atoms with E-state index in [2.05, 4.69) is 0 Å². The van der Waals surface area contributed by atoms with E-state index in [1.165, 1.54) is 5.56 Å². The average Bonchev–Trinajstić information content (AvgIpc) is 2.46. The molecule has 0 aromatic heterocycles. The predicted octanol–water partition coefficient (Wildman–Crippen LogP) is 3.23. The van der Waals surface area contributed by atoms with Crippen LogP contribution in [0.25, 0.3) is 0 Å². The van der Waals surface area contributed by atoms with E-state index < -0.39 is 11.9 Å². The highest BCUT2D eigenvalue weighted by Gasteiger charge is 2.20. The second-order valence-corrected chi connectivity index (χ2v) is 5.60. The van der Waals surface area contributed by atoms with Crippen LogP contribution in [0.1, 0.15) is 44.2 Å². The van der Waals surface area contributed by atoms with Crippen molar-refractivity contribution < 1.29 is 14.7 Å². The van der Waals surface area contributed by atoms with E-state index >= 15 is 0 Å². The number of benzene rings is 1. The van der Waals surface area contributed by atoms with E-state index in [-0.39, 0.29) is 12.5 Å². The Balaban J connectivity index is 2.77. The summed E-state index contributed by atoms with van der Waals surface area (Å²) in [5, 5.41) is 9.05. The van der Waals surface area contributed by atoms with Crippen LogP contribution in [0.5, 0.6) is 0 Å². The van der Waals surface area contributed by atoms with Gasteiger partial charge in [0, 0.05) is 19.5 Å². The Labute approximate surface area is 126 Å². The molecule has 1 aromatic rings. The Morgan fingerprint density at radius 3 is 2.38 bits per heavy atom. The molecule has 1 unspecified atom stereocenters. The topological polar surface area (TPSA) is 57.6 Å². The molecule has 116 valence electrons. The molecule has 0 fully saturated rings. The molecular weight excluding hydrogens is 266 g/mol. The number of carbonyl (C=O) groups is 2. The Kier molecular flexibility index (Phi) is 6.92. The van der Waals surface area contributed by atoms with Crippen LogP contribution in [-0.4, -0.2) is 28.4 Å². The van der Waals surface area contributed by atoms with Gasteiger partial charge in [0.2, 0.25) is 5.91 Å². The van der Waals surface area contributed by atoms with Crippen molar-refractivity contribution in [2.75, 3.05) is 6.54 Å². The molecule has 0 aliphatic heterocycles. The van der Waals surface area contributed by atoms with Gasteiger partial charge in [0.15, 0.2) is 0 Å². The number of aryl methyl sites for hydroxylation is 1. The molecule has 1 amide bonds. The summed E-state index contributed by atoms with van der Waals surface area (Å²) in [6.45, 7) is 6.42. The maximum atomic E-state index is 12.3. The Hall–Kier alpha value is -1.84. The maximum Gasteiger partial charge on any atom is 0.308 e. The normalized spacial score (nSPS) is 12.0. The zero-order valence-corrected chi connectivity index (χ0v) is 13.1. The molecule has 21 heavy (non-hydrogen) atoms. The van der Waals surface area contributed by atoms with Gasteiger partial charge in [0.25, 0.3) is 0 Å². The van der Waals surface area contributed by atoms with Crippen LogP contribution in [-0.2, 0) is 16.1 Å². The summed E-state index contributed by atoms with van der Waals surface area (Å²) >= 11 is 0. The minimum Gasteiger partial charge on any atom is -0.481 e. The minimum absolute atomic E-state index is 0.0329. The van der Waals surface area contributed by atoms with Crippen molar-refractivity contribution in [1.29, 1.82) is 0 Å². The number of rotatable bonds is 8. The lowest BCUT2D eigenvalue weighted by Crippen LogP contribution is -2.36. The van der Waals surface area contributed by atoms with E-state index in [0.717, 1.165) is 18.4 Å². The molecule has 0 radical (unpaired) electrons. The smallest absolute Gasteiger partial charge is 0.308 e. The first-order valence-electron chi connectivity index (χ1n) is 7.50. The molecule has 1 atom stereocenters. The fraction of sp³-hybridized carbons (Fsp3) is 0.529. The van der Waals surface area contributed by atoms with Crippen molar-refractivity contribution in [2.45, 2.75) is 46.6 Å². The molecule has 0 aliphatic carbocycles. The van der Waals surface area contributed by atoms with Gasteiger partial charge in [-0.3, -0.25) is 9.59 Å². The third-order valence-electron chi connectivity index (χ3n) is 3.51. The number of carboxylic acid groups (broad SMARTS) is 1. The van der Waals surface area contributed by atoms with E-state index in [1.807, 2.05) is 38.1 Å². The van der Waals surface area contributed by atoms with Gasteiger partial charge >= 0.3 is 5.97 Å². The molecule has 1 rings (SSSR count). The summed E-state index contributed by atoms with van der Waals surface area (Å²) in [6.07, 6.45) is 2.28. The van der Waals surface area contributed by atoms with Gasteiger partial charge in [0.1, 0.15) is 0 Å². The molecule has 0 saturated carbocycles. The Bertz CT molecular complexity index is 467. The third kappa shape index (κ3) is 5.98. The van der Waals surface area contributed by atoms with Crippen molar-refractivity contribution in [2.24, 2.45) is 5.92 Å². The van der Waals surface area contributed by atoms with Crippen LogP contribution in [0, 0.1) is 12.8 Å². The average molecular weight is 291 g/mol.